The fraction of sp³-hybridized carbons (Fsp3) is 0.158. The molecule has 0 saturated heterocycles. The lowest BCUT2D eigenvalue weighted by Gasteiger charge is -2.17. The van der Waals surface area contributed by atoms with Gasteiger partial charge in [0.15, 0.2) is 28.8 Å². The van der Waals surface area contributed by atoms with E-state index in [2.05, 4.69) is 5.73 Å². The maximum Gasteiger partial charge on any atom is 0.278 e. The highest BCUT2D eigenvalue weighted by Crippen LogP contribution is 2.40. The third-order valence-electron chi connectivity index (χ3n) is 3.58. The lowest BCUT2D eigenvalue weighted by Crippen LogP contribution is -2.33. The van der Waals surface area contributed by atoms with Gasteiger partial charge in [0.05, 0.1) is 0 Å². The lowest BCUT2D eigenvalue weighted by atomic mass is 10.2. The number of ketones is 1. The molecule has 120 valence electrons. The molecule has 2 aliphatic heterocycles. The smallest absolute Gasteiger partial charge is 0.278 e. The van der Waals surface area contributed by atoms with Gasteiger partial charge in [-0.3, -0.25) is 4.79 Å². The molecule has 0 radical (unpaired) electrons. The van der Waals surface area contributed by atoms with Gasteiger partial charge in [-0.1, -0.05) is 24.3 Å². The molecule has 24 heavy (non-hydrogen) atoms. The second-order valence-electron chi connectivity index (χ2n) is 5.38. The van der Waals surface area contributed by atoms with Crippen LogP contribution in [0.5, 0.6) is 23.0 Å². The lowest BCUT2D eigenvalue weighted by molar-refractivity contribution is -0.112. The Balaban J connectivity index is 1.65. The highest BCUT2D eigenvalue weighted by molar-refractivity contribution is 5.87. The van der Waals surface area contributed by atoms with E-state index in [4.69, 9.17) is 18.9 Å². The maximum absolute atomic E-state index is 11.3. The SMILES string of the molecule is CC(=O)C=C=C(C1Oc2ccccc2O1)C1Oc2ccccc2O1. The third-order valence-corrected chi connectivity index (χ3v) is 3.58. The van der Waals surface area contributed by atoms with Crippen molar-refractivity contribution >= 4 is 5.78 Å². The van der Waals surface area contributed by atoms with Gasteiger partial charge in [0.1, 0.15) is 5.57 Å². The Morgan fingerprint density at radius 3 is 1.54 bits per heavy atom. The van der Waals surface area contributed by atoms with Crippen LogP contribution in [0.25, 0.3) is 0 Å². The molecule has 0 unspecified atom stereocenters. The number of benzene rings is 2. The Morgan fingerprint density at radius 2 is 1.21 bits per heavy atom. The van der Waals surface area contributed by atoms with Crippen molar-refractivity contribution in [2.24, 2.45) is 0 Å². The van der Waals surface area contributed by atoms with Crippen molar-refractivity contribution < 1.29 is 23.7 Å². The van der Waals surface area contributed by atoms with E-state index in [0.29, 0.717) is 28.6 Å². The van der Waals surface area contributed by atoms with Crippen molar-refractivity contribution in [3.8, 4) is 23.0 Å². The van der Waals surface area contributed by atoms with Crippen molar-refractivity contribution in [3.63, 3.8) is 0 Å². The first-order chi connectivity index (χ1) is 11.7. The molecule has 4 rings (SSSR count). The molecular weight excluding hydrogens is 308 g/mol. The molecular formula is C19H14O5. The quantitative estimate of drug-likeness (QED) is 0.641. The molecule has 5 heteroatoms. The van der Waals surface area contributed by atoms with Crippen LogP contribution in [-0.4, -0.2) is 18.4 Å². The Hall–Kier alpha value is -3.17. The molecule has 2 aromatic carbocycles. The van der Waals surface area contributed by atoms with Crippen LogP contribution < -0.4 is 18.9 Å². The number of carbonyl (C=O) groups is 1. The molecule has 0 aromatic heterocycles. The number of hydrogen-bond acceptors (Lipinski definition) is 5. The van der Waals surface area contributed by atoms with E-state index in [0.717, 1.165) is 0 Å². The summed E-state index contributed by atoms with van der Waals surface area (Å²) < 4.78 is 23.2. The van der Waals surface area contributed by atoms with Crippen LogP contribution in [0.4, 0.5) is 0 Å². The Labute approximate surface area is 138 Å². The molecule has 0 amide bonds. The average Bonchev–Trinajstić information content (AvgIpc) is 3.18. The normalized spacial score (nSPS) is 15.0. The maximum atomic E-state index is 11.3. The van der Waals surface area contributed by atoms with Gasteiger partial charge in [-0.15, -0.1) is 5.73 Å². The van der Waals surface area contributed by atoms with Crippen LogP contribution in [0.2, 0.25) is 0 Å². The zero-order chi connectivity index (χ0) is 16.5. The molecule has 5 nitrogen and oxygen atoms in total. The fourth-order valence-corrected chi connectivity index (χ4v) is 2.49. The molecule has 0 atom stereocenters. The summed E-state index contributed by atoms with van der Waals surface area (Å²) in [5.41, 5.74) is 3.37. The van der Waals surface area contributed by atoms with E-state index in [9.17, 15) is 4.79 Å². The molecule has 2 aliphatic rings. The van der Waals surface area contributed by atoms with Gasteiger partial charge in [-0.25, -0.2) is 0 Å². The molecule has 0 bridgehead atoms. The van der Waals surface area contributed by atoms with Gasteiger partial charge in [0.25, 0.3) is 12.6 Å². The second kappa shape index (κ2) is 5.80. The number of ether oxygens (including phenoxy) is 4. The van der Waals surface area contributed by atoms with Crippen LogP contribution in [-0.2, 0) is 4.79 Å². The molecule has 0 spiro atoms. The third kappa shape index (κ3) is 2.62. The Morgan fingerprint density at radius 1 is 0.833 bits per heavy atom. The van der Waals surface area contributed by atoms with Crippen molar-refractivity contribution in [3.05, 3.63) is 65.9 Å². The monoisotopic (exact) mass is 322 g/mol. The largest absolute Gasteiger partial charge is 0.446 e. The predicted octanol–water partition coefficient (Wildman–Crippen LogP) is 3.25. The molecule has 0 aliphatic carbocycles. The summed E-state index contributed by atoms with van der Waals surface area (Å²) >= 11 is 0. The second-order valence-corrected chi connectivity index (χ2v) is 5.38. The van der Waals surface area contributed by atoms with E-state index in [1.54, 1.807) is 0 Å². The molecule has 2 aromatic rings. The van der Waals surface area contributed by atoms with Crippen molar-refractivity contribution in [2.45, 2.75) is 19.5 Å². The minimum Gasteiger partial charge on any atom is -0.446 e. The number of carbonyl (C=O) groups excluding carboxylic acids is 1. The molecule has 0 saturated carbocycles. The zero-order valence-corrected chi connectivity index (χ0v) is 12.9. The highest BCUT2D eigenvalue weighted by Gasteiger charge is 2.37. The Bertz CT molecular complexity index is 756. The van der Waals surface area contributed by atoms with Gasteiger partial charge < -0.3 is 18.9 Å². The molecule has 0 N–H and O–H groups in total. The van der Waals surface area contributed by atoms with Gasteiger partial charge in [0.2, 0.25) is 0 Å². The van der Waals surface area contributed by atoms with Gasteiger partial charge in [-0.05, 0) is 31.2 Å². The predicted molar refractivity (Wildman–Crippen MR) is 85.2 cm³/mol. The Kier molecular flexibility index (Phi) is 3.48. The van der Waals surface area contributed by atoms with Gasteiger partial charge in [0, 0.05) is 6.08 Å². The average molecular weight is 322 g/mol. The summed E-state index contributed by atoms with van der Waals surface area (Å²) in [6.07, 6.45) is -0.213. The summed E-state index contributed by atoms with van der Waals surface area (Å²) in [5, 5.41) is 0. The summed E-state index contributed by atoms with van der Waals surface area (Å²) in [4.78, 5) is 11.3. The molecule has 0 fully saturated rings. The zero-order valence-electron chi connectivity index (χ0n) is 12.9. The van der Waals surface area contributed by atoms with Crippen LogP contribution in [0.15, 0.2) is 65.9 Å². The number of para-hydroxylation sites is 4. The fourth-order valence-electron chi connectivity index (χ4n) is 2.49. The van der Waals surface area contributed by atoms with E-state index in [1.165, 1.54) is 13.0 Å². The number of hydrogen-bond donors (Lipinski definition) is 0. The van der Waals surface area contributed by atoms with Crippen molar-refractivity contribution in [1.82, 2.24) is 0 Å². The first kappa shape index (κ1) is 14.4. The summed E-state index contributed by atoms with van der Waals surface area (Å²) in [7, 11) is 0. The first-order valence-electron chi connectivity index (χ1n) is 7.52. The minimum atomic E-state index is -0.766. The van der Waals surface area contributed by atoms with Crippen LogP contribution >= 0.6 is 0 Å². The summed E-state index contributed by atoms with van der Waals surface area (Å²) in [6, 6.07) is 14.7. The first-order valence-corrected chi connectivity index (χ1v) is 7.52. The van der Waals surface area contributed by atoms with Gasteiger partial charge >= 0.3 is 0 Å². The highest BCUT2D eigenvalue weighted by atomic mass is 16.7. The van der Waals surface area contributed by atoms with Gasteiger partial charge in [-0.2, -0.15) is 0 Å². The summed E-state index contributed by atoms with van der Waals surface area (Å²) in [6.45, 7) is 1.45. The van der Waals surface area contributed by atoms with E-state index in [1.807, 2.05) is 48.5 Å². The summed E-state index contributed by atoms with van der Waals surface area (Å²) in [5.74, 6) is 2.36. The topological polar surface area (TPSA) is 54.0 Å². The van der Waals surface area contributed by atoms with E-state index in [-0.39, 0.29) is 5.78 Å². The van der Waals surface area contributed by atoms with Crippen LogP contribution in [0.1, 0.15) is 6.92 Å². The van der Waals surface area contributed by atoms with E-state index < -0.39 is 12.6 Å². The van der Waals surface area contributed by atoms with Crippen molar-refractivity contribution in [2.75, 3.05) is 0 Å². The number of fused-ring (bicyclic) bond motifs is 2. The van der Waals surface area contributed by atoms with Crippen LogP contribution in [0.3, 0.4) is 0 Å². The van der Waals surface area contributed by atoms with Crippen LogP contribution in [0, 0.1) is 0 Å². The standard InChI is InChI=1S/C19H14O5/c1-12(20)10-11-13(18-21-14-6-2-3-7-15(14)22-18)19-23-16-8-4-5-9-17(16)24-19/h2-10,18-19H,1H3. The number of rotatable bonds is 3. The minimum absolute atomic E-state index is 0.140. The molecule has 2 heterocycles. The van der Waals surface area contributed by atoms with Crippen molar-refractivity contribution in [1.29, 1.82) is 0 Å². The van der Waals surface area contributed by atoms with E-state index >= 15 is 0 Å².